The van der Waals surface area contributed by atoms with Gasteiger partial charge in [0.1, 0.15) is 0 Å². The maximum absolute atomic E-state index is 13.0. The fourth-order valence-corrected chi connectivity index (χ4v) is 3.27. The van der Waals surface area contributed by atoms with Crippen LogP contribution < -0.4 is 16.0 Å². The van der Waals surface area contributed by atoms with Gasteiger partial charge in [0.05, 0.1) is 13.2 Å². The van der Waals surface area contributed by atoms with E-state index < -0.39 is 24.0 Å². The summed E-state index contributed by atoms with van der Waals surface area (Å²) in [6.45, 7) is 0.254. The Morgan fingerprint density at radius 1 is 1.10 bits per heavy atom. The molecule has 0 aliphatic carbocycles. The molecule has 1 aliphatic heterocycles. The third-order valence-electron chi connectivity index (χ3n) is 4.89. The summed E-state index contributed by atoms with van der Waals surface area (Å²) in [7, 11) is 1.27. The Hall–Kier alpha value is -3.04. The molecule has 0 radical (unpaired) electrons. The maximum Gasteiger partial charge on any atom is 0.333 e. The molecular weight excluding hydrogens is 466 g/mol. The van der Waals surface area contributed by atoms with Crippen LogP contribution in [0.3, 0.4) is 0 Å². The third-order valence-corrected chi connectivity index (χ3v) is 4.89. The second-order valence-electron chi connectivity index (χ2n) is 6.88. The van der Waals surface area contributed by atoms with E-state index in [2.05, 4.69) is 16.0 Å². The molecule has 1 aliphatic rings. The Labute approximate surface area is 190 Å². The van der Waals surface area contributed by atoms with Crippen molar-refractivity contribution in [1.29, 1.82) is 0 Å². The van der Waals surface area contributed by atoms with Crippen molar-refractivity contribution in [1.82, 2.24) is 16.0 Å². The molecule has 9 heteroatoms. The first-order valence-electron chi connectivity index (χ1n) is 9.58. The molecule has 1 heterocycles. The highest BCUT2D eigenvalue weighted by Gasteiger charge is 2.27. The number of esters is 1. The first-order valence-corrected chi connectivity index (χ1v) is 9.58. The standard InChI is InChI=1S/C22H23N3O5.BrH/c1-30-22(29)19(14-7-3-2-4-8-14)25-20(27)16-10-6-5-9-15(16)13-23-17-11-12-18(26)24-21(17)28;/h2-10,17,19,23H,11-13H2,1H3,(H,25,27)(H,24,26,28);1H/t17-,19-;/m0./s1. The zero-order valence-corrected chi connectivity index (χ0v) is 18.6. The minimum Gasteiger partial charge on any atom is -0.467 e. The van der Waals surface area contributed by atoms with E-state index in [1.54, 1.807) is 48.5 Å². The highest BCUT2D eigenvalue weighted by atomic mass is 79.9. The predicted octanol–water partition coefficient (Wildman–Crippen LogP) is 1.80. The molecule has 2 aromatic carbocycles. The van der Waals surface area contributed by atoms with Crippen molar-refractivity contribution in [3.05, 3.63) is 71.3 Å². The molecule has 1 fully saturated rings. The van der Waals surface area contributed by atoms with Crippen LogP contribution in [0.4, 0.5) is 0 Å². The quantitative estimate of drug-likeness (QED) is 0.403. The number of halogens is 1. The van der Waals surface area contributed by atoms with Crippen LogP contribution in [0.2, 0.25) is 0 Å². The molecule has 0 aromatic heterocycles. The number of piperidine rings is 1. The van der Waals surface area contributed by atoms with Gasteiger partial charge in [-0.15, -0.1) is 17.0 Å². The predicted molar refractivity (Wildman–Crippen MR) is 118 cm³/mol. The number of carbonyl (C=O) groups is 4. The molecule has 3 rings (SSSR count). The van der Waals surface area contributed by atoms with E-state index in [4.69, 9.17) is 4.74 Å². The lowest BCUT2D eigenvalue weighted by Gasteiger charge is -2.22. The monoisotopic (exact) mass is 489 g/mol. The number of hydrogen-bond acceptors (Lipinski definition) is 6. The number of amides is 3. The lowest BCUT2D eigenvalue weighted by Crippen LogP contribution is -2.50. The summed E-state index contributed by atoms with van der Waals surface area (Å²) in [6, 6.07) is 14.3. The number of hydrogen-bond donors (Lipinski definition) is 3. The highest BCUT2D eigenvalue weighted by molar-refractivity contribution is 8.93. The molecule has 2 aromatic rings. The minimum atomic E-state index is -0.945. The summed E-state index contributed by atoms with van der Waals surface area (Å²) in [5.74, 6) is -1.67. The van der Waals surface area contributed by atoms with Crippen LogP contribution in [0.15, 0.2) is 54.6 Å². The topological polar surface area (TPSA) is 114 Å². The van der Waals surface area contributed by atoms with Gasteiger partial charge in [-0.25, -0.2) is 4.79 Å². The van der Waals surface area contributed by atoms with Gasteiger partial charge in [-0.3, -0.25) is 19.7 Å². The van der Waals surface area contributed by atoms with Crippen LogP contribution >= 0.6 is 17.0 Å². The normalized spacial score (nSPS) is 16.5. The Morgan fingerprint density at radius 2 is 1.77 bits per heavy atom. The van der Waals surface area contributed by atoms with Gasteiger partial charge < -0.3 is 15.4 Å². The van der Waals surface area contributed by atoms with E-state index in [1.807, 2.05) is 6.07 Å². The zero-order chi connectivity index (χ0) is 21.5. The second kappa shape index (κ2) is 11.4. The molecule has 31 heavy (non-hydrogen) atoms. The molecular formula is C22H24BrN3O5. The number of rotatable bonds is 7. The summed E-state index contributed by atoms with van der Waals surface area (Å²) < 4.78 is 4.84. The van der Waals surface area contributed by atoms with E-state index in [0.29, 0.717) is 23.1 Å². The van der Waals surface area contributed by atoms with Crippen molar-refractivity contribution in [2.75, 3.05) is 7.11 Å². The zero-order valence-electron chi connectivity index (χ0n) is 16.9. The average Bonchev–Trinajstić information content (AvgIpc) is 2.77. The summed E-state index contributed by atoms with van der Waals surface area (Å²) in [6.07, 6.45) is 0.668. The van der Waals surface area contributed by atoms with Crippen molar-refractivity contribution in [2.45, 2.75) is 31.5 Å². The van der Waals surface area contributed by atoms with Gasteiger partial charge in [0.15, 0.2) is 6.04 Å². The van der Waals surface area contributed by atoms with E-state index >= 15 is 0 Å². The largest absolute Gasteiger partial charge is 0.467 e. The van der Waals surface area contributed by atoms with Crippen molar-refractivity contribution < 1.29 is 23.9 Å². The molecule has 0 saturated carbocycles. The minimum absolute atomic E-state index is 0. The smallest absolute Gasteiger partial charge is 0.333 e. The molecule has 1 saturated heterocycles. The highest BCUT2D eigenvalue weighted by Crippen LogP contribution is 2.17. The van der Waals surface area contributed by atoms with Gasteiger partial charge in [-0.1, -0.05) is 48.5 Å². The number of ether oxygens (including phenoxy) is 1. The molecule has 2 atom stereocenters. The molecule has 0 spiro atoms. The second-order valence-corrected chi connectivity index (χ2v) is 6.88. The van der Waals surface area contributed by atoms with Crippen LogP contribution in [0.25, 0.3) is 0 Å². The number of nitrogens with one attached hydrogen (secondary N) is 3. The van der Waals surface area contributed by atoms with E-state index in [-0.39, 0.29) is 41.8 Å². The van der Waals surface area contributed by atoms with Crippen molar-refractivity contribution in [3.63, 3.8) is 0 Å². The molecule has 0 bridgehead atoms. The number of benzene rings is 2. The Morgan fingerprint density at radius 3 is 2.45 bits per heavy atom. The van der Waals surface area contributed by atoms with Gasteiger partial charge in [0.2, 0.25) is 11.8 Å². The SMILES string of the molecule is Br.COC(=O)[C@@H](NC(=O)c1ccccc1CN[C@H]1CCC(=O)NC1=O)c1ccccc1. The Kier molecular flexibility index (Phi) is 8.89. The first kappa shape index (κ1) is 24.2. The van der Waals surface area contributed by atoms with Gasteiger partial charge in [0.25, 0.3) is 5.91 Å². The third kappa shape index (κ3) is 6.22. The Bertz CT molecular complexity index is 951. The molecule has 164 valence electrons. The molecule has 3 amide bonds. The summed E-state index contributed by atoms with van der Waals surface area (Å²) in [5.41, 5.74) is 1.65. The lowest BCUT2D eigenvalue weighted by atomic mass is 10.0. The lowest BCUT2D eigenvalue weighted by molar-refractivity contribution is -0.143. The number of methoxy groups -OCH3 is 1. The van der Waals surface area contributed by atoms with Gasteiger partial charge in [-0.05, 0) is 23.6 Å². The van der Waals surface area contributed by atoms with Crippen LogP contribution in [-0.2, 0) is 25.7 Å². The molecule has 3 N–H and O–H groups in total. The van der Waals surface area contributed by atoms with Crippen molar-refractivity contribution in [3.8, 4) is 0 Å². The van der Waals surface area contributed by atoms with E-state index in [1.165, 1.54) is 7.11 Å². The molecule has 8 nitrogen and oxygen atoms in total. The fourth-order valence-electron chi connectivity index (χ4n) is 3.27. The van der Waals surface area contributed by atoms with Crippen molar-refractivity contribution >= 4 is 40.7 Å². The van der Waals surface area contributed by atoms with E-state index in [0.717, 1.165) is 0 Å². The summed E-state index contributed by atoms with van der Waals surface area (Å²) >= 11 is 0. The first-order chi connectivity index (χ1) is 14.5. The van der Waals surface area contributed by atoms with Crippen molar-refractivity contribution in [2.24, 2.45) is 0 Å². The molecule has 0 unspecified atom stereocenters. The van der Waals surface area contributed by atoms with Gasteiger partial charge in [0, 0.05) is 18.5 Å². The maximum atomic E-state index is 13.0. The summed E-state index contributed by atoms with van der Waals surface area (Å²) in [4.78, 5) is 48.4. The summed E-state index contributed by atoms with van der Waals surface area (Å²) in [5, 5.41) is 8.11. The van der Waals surface area contributed by atoms with Gasteiger partial charge in [-0.2, -0.15) is 0 Å². The number of imide groups is 1. The van der Waals surface area contributed by atoms with Crippen LogP contribution in [-0.4, -0.2) is 36.8 Å². The average molecular weight is 490 g/mol. The fraction of sp³-hybridized carbons (Fsp3) is 0.273. The van der Waals surface area contributed by atoms with Crippen LogP contribution in [0, 0.1) is 0 Å². The Balaban J connectivity index is 0.00000341. The van der Waals surface area contributed by atoms with Crippen LogP contribution in [0.1, 0.15) is 40.4 Å². The van der Waals surface area contributed by atoms with Gasteiger partial charge >= 0.3 is 5.97 Å². The van der Waals surface area contributed by atoms with Crippen LogP contribution in [0.5, 0.6) is 0 Å². The number of carbonyl (C=O) groups excluding carboxylic acids is 4. The van der Waals surface area contributed by atoms with E-state index in [9.17, 15) is 19.2 Å².